The highest BCUT2D eigenvalue weighted by Crippen LogP contribution is 2.47. The van der Waals surface area contributed by atoms with Gasteiger partial charge in [0.15, 0.2) is 0 Å². The van der Waals surface area contributed by atoms with E-state index < -0.39 is 5.97 Å². The molecule has 0 saturated carbocycles. The predicted molar refractivity (Wildman–Crippen MR) is 123 cm³/mol. The van der Waals surface area contributed by atoms with Crippen molar-refractivity contribution in [2.45, 2.75) is 20.0 Å². The van der Waals surface area contributed by atoms with E-state index in [1.165, 1.54) is 0 Å². The van der Waals surface area contributed by atoms with Crippen molar-refractivity contribution < 1.29 is 19.4 Å². The maximum absolute atomic E-state index is 11.5. The molecule has 0 radical (unpaired) electrons. The predicted octanol–water partition coefficient (Wildman–Crippen LogP) is 6.08. The number of benzene rings is 3. The van der Waals surface area contributed by atoms with E-state index in [2.05, 4.69) is 18.2 Å². The molecule has 0 aliphatic heterocycles. The topological polar surface area (TPSA) is 55.8 Å². The minimum atomic E-state index is -0.852. The largest absolute Gasteiger partial charge is 0.496 e. The number of rotatable bonds is 7. The van der Waals surface area contributed by atoms with Crippen molar-refractivity contribution in [2.24, 2.45) is 0 Å². The van der Waals surface area contributed by atoms with Gasteiger partial charge in [0, 0.05) is 5.56 Å². The van der Waals surface area contributed by atoms with Crippen LogP contribution in [0.4, 0.5) is 0 Å². The summed E-state index contributed by atoms with van der Waals surface area (Å²) in [6.45, 7) is 2.48. The molecule has 4 rings (SSSR count). The van der Waals surface area contributed by atoms with Crippen LogP contribution in [0, 0.1) is 0 Å². The fraction of sp³-hybridized carbons (Fsp3) is 0.148. The Balaban J connectivity index is 1.62. The molecular weight excluding hydrogens is 388 g/mol. The lowest BCUT2D eigenvalue weighted by Crippen LogP contribution is -1.98. The van der Waals surface area contributed by atoms with Gasteiger partial charge in [0.2, 0.25) is 0 Å². The number of para-hydroxylation sites is 1. The third-order valence-corrected chi connectivity index (χ3v) is 5.46. The van der Waals surface area contributed by atoms with Crippen LogP contribution < -0.4 is 9.47 Å². The Morgan fingerprint density at radius 3 is 2.39 bits per heavy atom. The summed E-state index contributed by atoms with van der Waals surface area (Å²) in [6, 6.07) is 23.8. The fourth-order valence-corrected chi connectivity index (χ4v) is 3.91. The van der Waals surface area contributed by atoms with E-state index in [0.29, 0.717) is 12.4 Å². The molecule has 156 valence electrons. The van der Waals surface area contributed by atoms with Crippen LogP contribution >= 0.6 is 0 Å². The average Bonchev–Trinajstić information content (AvgIpc) is 3.05. The highest BCUT2D eigenvalue weighted by molar-refractivity contribution is 6.08. The molecule has 0 spiro atoms. The molecule has 0 fully saturated rings. The monoisotopic (exact) mass is 412 g/mol. The third kappa shape index (κ3) is 4.38. The molecule has 0 amide bonds. The lowest BCUT2D eigenvalue weighted by molar-refractivity contribution is -0.135. The highest BCUT2D eigenvalue weighted by Gasteiger charge is 2.28. The Hall–Kier alpha value is -3.79. The second-order valence-electron chi connectivity index (χ2n) is 7.46. The summed E-state index contributed by atoms with van der Waals surface area (Å²) in [5, 5.41) is 9.41. The quantitative estimate of drug-likeness (QED) is 0.511. The van der Waals surface area contributed by atoms with Crippen LogP contribution in [0.3, 0.4) is 0 Å². The minimum absolute atomic E-state index is 0.0354. The SMILES string of the molecule is COc1cccc2c1C(CC(=O)O)=C(C)/C2=C/c1ccc(COc2ccccc2)cc1. The van der Waals surface area contributed by atoms with Gasteiger partial charge < -0.3 is 14.6 Å². The first-order chi connectivity index (χ1) is 15.1. The second kappa shape index (κ2) is 8.92. The van der Waals surface area contributed by atoms with Gasteiger partial charge in [-0.05, 0) is 64.6 Å². The molecule has 3 aromatic carbocycles. The Bertz CT molecular complexity index is 1160. The minimum Gasteiger partial charge on any atom is -0.496 e. The lowest BCUT2D eigenvalue weighted by Gasteiger charge is -2.10. The van der Waals surface area contributed by atoms with E-state index in [-0.39, 0.29) is 6.42 Å². The van der Waals surface area contributed by atoms with Crippen LogP contribution in [0.25, 0.3) is 17.2 Å². The van der Waals surface area contributed by atoms with E-state index in [4.69, 9.17) is 9.47 Å². The Kier molecular flexibility index (Phi) is 5.89. The summed E-state index contributed by atoms with van der Waals surface area (Å²) in [5.74, 6) is 0.692. The molecule has 31 heavy (non-hydrogen) atoms. The van der Waals surface area contributed by atoms with Gasteiger partial charge in [-0.15, -0.1) is 0 Å². The normalized spacial score (nSPS) is 13.9. The number of aliphatic carboxylic acids is 1. The summed E-state index contributed by atoms with van der Waals surface area (Å²) in [5.41, 5.74) is 6.81. The first kappa shape index (κ1) is 20.5. The number of carboxylic acids is 1. The van der Waals surface area contributed by atoms with E-state index in [0.717, 1.165) is 44.7 Å². The second-order valence-corrected chi connectivity index (χ2v) is 7.46. The van der Waals surface area contributed by atoms with Crippen LogP contribution in [0.1, 0.15) is 35.6 Å². The van der Waals surface area contributed by atoms with Crippen LogP contribution in [0.15, 0.2) is 78.4 Å². The standard InChI is InChI=1S/C27H24O4/c1-18-23(22-9-6-10-25(30-2)27(22)24(18)16-26(28)29)15-19-11-13-20(14-12-19)17-31-21-7-4-3-5-8-21/h3-15H,16-17H2,1-2H3,(H,28,29)/b23-15-. The number of methoxy groups -OCH3 is 1. The fourth-order valence-electron chi connectivity index (χ4n) is 3.91. The molecule has 1 aliphatic carbocycles. The smallest absolute Gasteiger partial charge is 0.307 e. The number of carbonyl (C=O) groups is 1. The first-order valence-corrected chi connectivity index (χ1v) is 10.1. The van der Waals surface area contributed by atoms with Crippen molar-refractivity contribution in [1.29, 1.82) is 0 Å². The number of allylic oxidation sites excluding steroid dienone is 2. The first-order valence-electron chi connectivity index (χ1n) is 10.1. The molecule has 3 aromatic rings. The van der Waals surface area contributed by atoms with Crippen molar-refractivity contribution in [2.75, 3.05) is 7.11 Å². The van der Waals surface area contributed by atoms with Gasteiger partial charge in [-0.2, -0.15) is 0 Å². The maximum Gasteiger partial charge on any atom is 0.307 e. The zero-order valence-corrected chi connectivity index (χ0v) is 17.6. The van der Waals surface area contributed by atoms with Crippen molar-refractivity contribution in [3.05, 3.63) is 101 Å². The zero-order valence-electron chi connectivity index (χ0n) is 17.6. The molecule has 1 aliphatic rings. The van der Waals surface area contributed by atoms with Crippen molar-refractivity contribution in [3.63, 3.8) is 0 Å². The van der Waals surface area contributed by atoms with E-state index >= 15 is 0 Å². The number of carboxylic acid groups (broad SMARTS) is 1. The lowest BCUT2D eigenvalue weighted by atomic mass is 9.99. The maximum atomic E-state index is 11.5. The van der Waals surface area contributed by atoms with Gasteiger partial charge in [-0.1, -0.05) is 54.6 Å². The molecule has 0 saturated heterocycles. The van der Waals surface area contributed by atoms with Gasteiger partial charge in [-0.25, -0.2) is 0 Å². The summed E-state index contributed by atoms with van der Waals surface area (Å²) in [4.78, 5) is 11.5. The molecule has 0 aromatic heterocycles. The van der Waals surface area contributed by atoms with Crippen LogP contribution in [-0.2, 0) is 11.4 Å². The van der Waals surface area contributed by atoms with Crippen LogP contribution in [0.2, 0.25) is 0 Å². The van der Waals surface area contributed by atoms with Crippen LogP contribution in [-0.4, -0.2) is 18.2 Å². The molecule has 0 atom stereocenters. The molecule has 0 heterocycles. The van der Waals surface area contributed by atoms with E-state index in [9.17, 15) is 9.90 Å². The molecule has 4 nitrogen and oxygen atoms in total. The van der Waals surface area contributed by atoms with Gasteiger partial charge >= 0.3 is 5.97 Å². The number of hydrogen-bond acceptors (Lipinski definition) is 3. The van der Waals surface area contributed by atoms with E-state index in [1.54, 1.807) is 7.11 Å². The summed E-state index contributed by atoms with van der Waals surface area (Å²) in [6.07, 6.45) is 2.07. The van der Waals surface area contributed by atoms with Crippen LogP contribution in [0.5, 0.6) is 11.5 Å². The molecule has 4 heteroatoms. The Labute approximate surface area is 182 Å². The number of ether oxygens (including phenoxy) is 2. The van der Waals surface area contributed by atoms with Crippen molar-refractivity contribution >= 4 is 23.2 Å². The Morgan fingerprint density at radius 2 is 1.71 bits per heavy atom. The average molecular weight is 412 g/mol. The molecular formula is C27H24O4. The van der Waals surface area contributed by atoms with E-state index in [1.807, 2.05) is 67.6 Å². The van der Waals surface area contributed by atoms with Gasteiger partial charge in [0.1, 0.15) is 18.1 Å². The summed E-state index contributed by atoms with van der Waals surface area (Å²) in [7, 11) is 1.61. The molecule has 0 unspecified atom stereocenters. The number of hydrogen-bond donors (Lipinski definition) is 1. The van der Waals surface area contributed by atoms with Gasteiger partial charge in [-0.3, -0.25) is 4.79 Å². The highest BCUT2D eigenvalue weighted by atomic mass is 16.5. The summed E-state index contributed by atoms with van der Waals surface area (Å²) >= 11 is 0. The number of fused-ring (bicyclic) bond motifs is 1. The van der Waals surface area contributed by atoms with Crippen molar-refractivity contribution in [1.82, 2.24) is 0 Å². The molecule has 0 bridgehead atoms. The summed E-state index contributed by atoms with van der Waals surface area (Å²) < 4.78 is 11.3. The van der Waals surface area contributed by atoms with Gasteiger partial charge in [0.25, 0.3) is 0 Å². The van der Waals surface area contributed by atoms with Gasteiger partial charge in [0.05, 0.1) is 13.5 Å². The molecule has 1 N–H and O–H groups in total. The zero-order chi connectivity index (χ0) is 21.8. The Morgan fingerprint density at radius 1 is 0.968 bits per heavy atom. The third-order valence-electron chi connectivity index (χ3n) is 5.46. The van der Waals surface area contributed by atoms with Crippen molar-refractivity contribution in [3.8, 4) is 11.5 Å².